The van der Waals surface area contributed by atoms with Crippen LogP contribution in [-0.4, -0.2) is 35.8 Å². The molecule has 0 aliphatic heterocycles. The lowest BCUT2D eigenvalue weighted by molar-refractivity contribution is -0.152. The van der Waals surface area contributed by atoms with Crippen molar-refractivity contribution in [1.29, 1.82) is 0 Å². The summed E-state index contributed by atoms with van der Waals surface area (Å²) in [6.07, 6.45) is -1.17. The summed E-state index contributed by atoms with van der Waals surface area (Å²) in [4.78, 5) is 20.1. The number of ether oxygens (including phenoxy) is 2. The van der Waals surface area contributed by atoms with Gasteiger partial charge < -0.3 is 20.5 Å². The summed E-state index contributed by atoms with van der Waals surface area (Å²) in [6.45, 7) is 7.21. The Bertz CT molecular complexity index is 953. The van der Waals surface area contributed by atoms with E-state index < -0.39 is 17.3 Å². The predicted octanol–water partition coefficient (Wildman–Crippen LogP) is 3.64. The first-order valence-corrected chi connectivity index (χ1v) is 9.06. The van der Waals surface area contributed by atoms with E-state index in [-0.39, 0.29) is 24.0 Å². The smallest absolute Gasteiger partial charge is 0.432 e. The quantitative estimate of drug-likeness (QED) is 0.610. The summed E-state index contributed by atoms with van der Waals surface area (Å²) >= 11 is 0. The van der Waals surface area contributed by atoms with Crippen LogP contribution in [0.2, 0.25) is 0 Å². The summed E-state index contributed by atoms with van der Waals surface area (Å²) in [6, 6.07) is 6.99. The van der Waals surface area contributed by atoms with E-state index in [1.54, 1.807) is 38.1 Å². The van der Waals surface area contributed by atoms with Gasteiger partial charge >= 0.3 is 12.1 Å². The Hall–Kier alpha value is -3.56. The van der Waals surface area contributed by atoms with Gasteiger partial charge in [-0.15, -0.1) is 0 Å². The first-order valence-electron chi connectivity index (χ1n) is 9.06. The number of nitrogens with zero attached hydrogens (tertiary/aromatic N) is 2. The van der Waals surface area contributed by atoms with E-state index in [4.69, 9.17) is 15.2 Å². The van der Waals surface area contributed by atoms with Gasteiger partial charge in [-0.3, -0.25) is 14.8 Å². The Morgan fingerprint density at radius 3 is 2.35 bits per heavy atom. The van der Waals surface area contributed by atoms with Gasteiger partial charge in [0.1, 0.15) is 23.7 Å². The number of nitrogens with two attached hydrogens (primary N) is 1. The lowest BCUT2D eigenvalue weighted by atomic mass is 9.95. The molecule has 0 spiro atoms. The second-order valence-electron chi connectivity index (χ2n) is 7.20. The van der Waals surface area contributed by atoms with E-state index in [0.717, 1.165) is 5.56 Å². The van der Waals surface area contributed by atoms with Crippen LogP contribution in [0.25, 0.3) is 17.0 Å². The van der Waals surface area contributed by atoms with E-state index in [2.05, 4.69) is 21.9 Å². The lowest BCUT2D eigenvalue weighted by Gasteiger charge is -2.21. The molecular formula is C21H23F3N4O3. The fraction of sp³-hybridized carbons (Fsp3) is 0.286. The molecule has 0 fully saturated rings. The Balaban J connectivity index is 2.02. The lowest BCUT2D eigenvalue weighted by Crippen LogP contribution is -2.32. The standard InChI is InChI=1S/C21H23F3N4O3/c1-13(26-11-18(25)21(22,23)24)16-9-28-17(10-27-16)14-5-7-15(8-6-14)31-12-20(2,3)19(29)30-4/h5-11,26H,1,12,25H2,2-4H3/b18-11-. The van der Waals surface area contributed by atoms with Crippen molar-refractivity contribution < 1.29 is 27.4 Å². The highest BCUT2D eigenvalue weighted by Gasteiger charge is 2.31. The molecule has 0 bridgehead atoms. The van der Waals surface area contributed by atoms with Gasteiger partial charge in [-0.1, -0.05) is 6.58 Å². The molecular weight excluding hydrogens is 413 g/mol. The predicted molar refractivity (Wildman–Crippen MR) is 109 cm³/mol. The molecule has 1 aromatic carbocycles. The Morgan fingerprint density at radius 1 is 1.19 bits per heavy atom. The van der Waals surface area contributed by atoms with Gasteiger partial charge in [-0.25, -0.2) is 0 Å². The molecule has 0 aliphatic carbocycles. The number of halogens is 3. The third kappa shape index (κ3) is 6.46. The first-order chi connectivity index (χ1) is 14.4. The van der Waals surface area contributed by atoms with Crippen molar-refractivity contribution >= 4 is 11.7 Å². The first kappa shape index (κ1) is 23.7. The molecule has 0 amide bonds. The fourth-order valence-corrected chi connectivity index (χ4v) is 2.27. The molecule has 2 aromatic rings. The van der Waals surface area contributed by atoms with Gasteiger partial charge in [-0.05, 0) is 38.1 Å². The molecule has 166 valence electrons. The van der Waals surface area contributed by atoms with Crippen molar-refractivity contribution in [1.82, 2.24) is 15.3 Å². The van der Waals surface area contributed by atoms with Gasteiger partial charge in [0.2, 0.25) is 0 Å². The average molecular weight is 436 g/mol. The average Bonchev–Trinajstić information content (AvgIpc) is 2.75. The second kappa shape index (κ2) is 9.50. The maximum Gasteiger partial charge on any atom is 0.432 e. The topological polar surface area (TPSA) is 99.4 Å². The maximum atomic E-state index is 12.4. The zero-order valence-corrected chi connectivity index (χ0v) is 17.3. The highest BCUT2D eigenvalue weighted by atomic mass is 19.4. The normalized spacial score (nSPS) is 12.3. The molecule has 1 heterocycles. The number of hydrogen-bond acceptors (Lipinski definition) is 7. The minimum Gasteiger partial charge on any atom is -0.492 e. The number of carbonyl (C=O) groups is 1. The van der Waals surface area contributed by atoms with Crippen molar-refractivity contribution in [2.75, 3.05) is 13.7 Å². The zero-order valence-electron chi connectivity index (χ0n) is 17.3. The van der Waals surface area contributed by atoms with E-state index in [0.29, 0.717) is 17.6 Å². The number of aromatic nitrogens is 2. The van der Waals surface area contributed by atoms with Crippen LogP contribution in [0.15, 0.2) is 55.1 Å². The summed E-state index contributed by atoms with van der Waals surface area (Å²) in [7, 11) is 1.32. The van der Waals surface area contributed by atoms with Crippen LogP contribution in [0, 0.1) is 5.41 Å². The van der Waals surface area contributed by atoms with E-state index in [9.17, 15) is 18.0 Å². The number of benzene rings is 1. The van der Waals surface area contributed by atoms with Crippen LogP contribution in [-0.2, 0) is 9.53 Å². The molecule has 7 nitrogen and oxygen atoms in total. The van der Waals surface area contributed by atoms with Gasteiger partial charge in [-0.2, -0.15) is 13.2 Å². The molecule has 0 unspecified atom stereocenters. The molecule has 0 saturated heterocycles. The van der Waals surface area contributed by atoms with E-state index in [1.807, 2.05) is 0 Å². The largest absolute Gasteiger partial charge is 0.492 e. The number of hydrogen-bond donors (Lipinski definition) is 2. The number of alkyl halides is 3. The molecule has 31 heavy (non-hydrogen) atoms. The molecule has 0 saturated carbocycles. The van der Waals surface area contributed by atoms with Crippen LogP contribution in [0.5, 0.6) is 5.75 Å². The summed E-state index contributed by atoms with van der Waals surface area (Å²) < 4.78 is 47.6. The van der Waals surface area contributed by atoms with E-state index in [1.165, 1.54) is 19.5 Å². The highest BCUT2D eigenvalue weighted by Crippen LogP contribution is 2.24. The second-order valence-corrected chi connectivity index (χ2v) is 7.20. The number of allylic oxidation sites excluding steroid dienone is 1. The minimum absolute atomic E-state index is 0.114. The van der Waals surface area contributed by atoms with Crippen molar-refractivity contribution in [3.8, 4) is 17.0 Å². The van der Waals surface area contributed by atoms with Crippen LogP contribution in [0.3, 0.4) is 0 Å². The molecule has 3 N–H and O–H groups in total. The Morgan fingerprint density at radius 2 is 1.84 bits per heavy atom. The van der Waals surface area contributed by atoms with Crippen LogP contribution in [0.1, 0.15) is 19.5 Å². The number of esters is 1. The number of nitrogens with one attached hydrogen (secondary N) is 1. The zero-order chi connectivity index (χ0) is 23.2. The molecule has 2 rings (SSSR count). The van der Waals surface area contributed by atoms with Gasteiger partial charge in [0.25, 0.3) is 0 Å². The van der Waals surface area contributed by atoms with Gasteiger partial charge in [0.15, 0.2) is 0 Å². The highest BCUT2D eigenvalue weighted by molar-refractivity contribution is 5.76. The summed E-state index contributed by atoms with van der Waals surface area (Å²) in [5.74, 6) is 0.198. The van der Waals surface area contributed by atoms with Gasteiger partial charge in [0, 0.05) is 11.8 Å². The number of rotatable bonds is 8. The van der Waals surface area contributed by atoms with Gasteiger partial charge in [0.05, 0.1) is 36.3 Å². The fourth-order valence-electron chi connectivity index (χ4n) is 2.27. The van der Waals surface area contributed by atoms with Crippen LogP contribution >= 0.6 is 0 Å². The van der Waals surface area contributed by atoms with Crippen LogP contribution in [0.4, 0.5) is 13.2 Å². The Labute approximate surface area is 177 Å². The molecule has 1 aromatic heterocycles. The monoisotopic (exact) mass is 436 g/mol. The Kier molecular flexibility index (Phi) is 7.27. The van der Waals surface area contributed by atoms with Crippen LogP contribution < -0.4 is 15.8 Å². The number of carbonyl (C=O) groups excluding carboxylic acids is 1. The third-order valence-electron chi connectivity index (χ3n) is 4.18. The molecule has 10 heteroatoms. The number of methoxy groups -OCH3 is 1. The summed E-state index contributed by atoms with van der Waals surface area (Å²) in [5.41, 5.74) is 4.52. The van der Waals surface area contributed by atoms with Crippen molar-refractivity contribution in [2.45, 2.75) is 20.0 Å². The van der Waals surface area contributed by atoms with Crippen molar-refractivity contribution in [3.05, 3.63) is 60.8 Å². The molecule has 0 atom stereocenters. The van der Waals surface area contributed by atoms with E-state index >= 15 is 0 Å². The van der Waals surface area contributed by atoms with Crippen molar-refractivity contribution in [2.24, 2.45) is 11.1 Å². The minimum atomic E-state index is -4.63. The SMILES string of the molecule is C=C(N/C=C(\N)C(F)(F)F)c1cnc(-c2ccc(OCC(C)(C)C(=O)OC)cc2)cn1. The third-order valence-corrected chi connectivity index (χ3v) is 4.18. The molecule has 0 aliphatic rings. The molecule has 0 radical (unpaired) electrons. The summed E-state index contributed by atoms with van der Waals surface area (Å²) in [5, 5.41) is 2.36. The maximum absolute atomic E-state index is 12.4. The van der Waals surface area contributed by atoms with Crippen molar-refractivity contribution in [3.63, 3.8) is 0 Å².